The number of rotatable bonds is 4. The number of aliphatic hydroxyl groups is 1. The summed E-state index contributed by atoms with van der Waals surface area (Å²) in [5.41, 5.74) is 1.32. The molecule has 1 atom stereocenters. The SMILES string of the molecule is CC1CN(C(CO)Cc2ccccc2)C1. The Bertz CT molecular complexity index is 293. The van der Waals surface area contributed by atoms with E-state index in [9.17, 15) is 5.11 Å². The minimum absolute atomic E-state index is 0.265. The molecule has 0 bridgehead atoms. The summed E-state index contributed by atoms with van der Waals surface area (Å²) in [4.78, 5) is 2.37. The van der Waals surface area contributed by atoms with E-state index in [2.05, 4.69) is 36.1 Å². The molecule has 1 unspecified atom stereocenters. The Kier molecular flexibility index (Phi) is 3.39. The third-order valence-electron chi connectivity index (χ3n) is 3.13. The molecule has 15 heavy (non-hydrogen) atoms. The minimum atomic E-state index is 0.265. The summed E-state index contributed by atoms with van der Waals surface area (Å²) in [6.07, 6.45) is 0.962. The number of hydrogen-bond acceptors (Lipinski definition) is 2. The molecule has 1 saturated heterocycles. The quantitative estimate of drug-likeness (QED) is 0.806. The second-order valence-corrected chi connectivity index (χ2v) is 4.59. The van der Waals surface area contributed by atoms with Crippen LogP contribution in [0.1, 0.15) is 12.5 Å². The lowest BCUT2D eigenvalue weighted by atomic mass is 9.96. The van der Waals surface area contributed by atoms with E-state index in [1.807, 2.05) is 6.07 Å². The predicted molar refractivity (Wildman–Crippen MR) is 61.8 cm³/mol. The van der Waals surface area contributed by atoms with Gasteiger partial charge in [0.1, 0.15) is 0 Å². The Labute approximate surface area is 91.5 Å². The van der Waals surface area contributed by atoms with Crippen molar-refractivity contribution in [2.75, 3.05) is 19.7 Å². The fourth-order valence-electron chi connectivity index (χ4n) is 2.24. The lowest BCUT2D eigenvalue weighted by Crippen LogP contribution is -2.53. The number of hydrogen-bond donors (Lipinski definition) is 1. The van der Waals surface area contributed by atoms with Crippen LogP contribution in [0.2, 0.25) is 0 Å². The van der Waals surface area contributed by atoms with E-state index in [-0.39, 0.29) is 6.61 Å². The molecule has 1 N–H and O–H groups in total. The van der Waals surface area contributed by atoms with Crippen LogP contribution in [0, 0.1) is 5.92 Å². The molecule has 0 saturated carbocycles. The topological polar surface area (TPSA) is 23.5 Å². The Balaban J connectivity index is 1.91. The van der Waals surface area contributed by atoms with E-state index >= 15 is 0 Å². The summed E-state index contributed by atoms with van der Waals surface area (Å²) in [5.74, 6) is 0.801. The Morgan fingerprint density at radius 3 is 2.53 bits per heavy atom. The maximum Gasteiger partial charge on any atom is 0.0590 e. The highest BCUT2D eigenvalue weighted by Gasteiger charge is 2.28. The van der Waals surface area contributed by atoms with Gasteiger partial charge in [-0.2, -0.15) is 0 Å². The van der Waals surface area contributed by atoms with Crippen molar-refractivity contribution in [2.45, 2.75) is 19.4 Å². The highest BCUT2D eigenvalue weighted by Crippen LogP contribution is 2.19. The second kappa shape index (κ2) is 4.77. The molecule has 0 aliphatic carbocycles. The van der Waals surface area contributed by atoms with E-state index in [0.29, 0.717) is 6.04 Å². The van der Waals surface area contributed by atoms with E-state index in [0.717, 1.165) is 25.4 Å². The van der Waals surface area contributed by atoms with Crippen LogP contribution < -0.4 is 0 Å². The van der Waals surface area contributed by atoms with E-state index < -0.39 is 0 Å². The number of likely N-dealkylation sites (tertiary alicyclic amines) is 1. The van der Waals surface area contributed by atoms with Crippen LogP contribution in [-0.2, 0) is 6.42 Å². The molecule has 2 nitrogen and oxygen atoms in total. The maximum absolute atomic E-state index is 9.37. The van der Waals surface area contributed by atoms with E-state index in [1.54, 1.807) is 0 Å². The van der Waals surface area contributed by atoms with Gasteiger partial charge in [0.25, 0.3) is 0 Å². The Morgan fingerprint density at radius 2 is 2.00 bits per heavy atom. The summed E-state index contributed by atoms with van der Waals surface area (Å²) in [5, 5.41) is 9.37. The van der Waals surface area contributed by atoms with Crippen molar-refractivity contribution in [3.8, 4) is 0 Å². The molecule has 82 valence electrons. The molecular formula is C13H19NO. The number of aliphatic hydroxyl groups excluding tert-OH is 1. The van der Waals surface area contributed by atoms with Gasteiger partial charge in [0.15, 0.2) is 0 Å². The van der Waals surface area contributed by atoms with Crippen LogP contribution in [0.4, 0.5) is 0 Å². The van der Waals surface area contributed by atoms with Gasteiger partial charge >= 0.3 is 0 Å². The van der Waals surface area contributed by atoms with Gasteiger partial charge in [-0.05, 0) is 17.9 Å². The summed E-state index contributed by atoms with van der Waals surface area (Å²) >= 11 is 0. The van der Waals surface area contributed by atoms with Gasteiger partial charge in [0, 0.05) is 19.1 Å². The molecule has 1 aromatic carbocycles. The predicted octanol–water partition coefficient (Wildman–Crippen LogP) is 1.54. The fourth-order valence-corrected chi connectivity index (χ4v) is 2.24. The van der Waals surface area contributed by atoms with Crippen LogP contribution >= 0.6 is 0 Å². The zero-order valence-electron chi connectivity index (χ0n) is 9.26. The monoisotopic (exact) mass is 205 g/mol. The van der Waals surface area contributed by atoms with E-state index in [4.69, 9.17) is 0 Å². The normalized spacial score (nSPS) is 19.9. The minimum Gasteiger partial charge on any atom is -0.395 e. The summed E-state index contributed by atoms with van der Waals surface area (Å²) in [6, 6.07) is 10.7. The van der Waals surface area contributed by atoms with Crippen LogP contribution in [0.15, 0.2) is 30.3 Å². The first-order chi connectivity index (χ1) is 7.29. The maximum atomic E-state index is 9.37. The van der Waals surface area contributed by atoms with Gasteiger partial charge in [0.2, 0.25) is 0 Å². The largest absolute Gasteiger partial charge is 0.395 e. The highest BCUT2D eigenvalue weighted by molar-refractivity contribution is 5.16. The second-order valence-electron chi connectivity index (χ2n) is 4.59. The van der Waals surface area contributed by atoms with Gasteiger partial charge in [0.05, 0.1) is 6.61 Å². The lowest BCUT2D eigenvalue weighted by Gasteiger charge is -2.42. The van der Waals surface area contributed by atoms with Crippen molar-refractivity contribution in [1.29, 1.82) is 0 Å². The molecule has 0 aromatic heterocycles. The van der Waals surface area contributed by atoms with Crippen molar-refractivity contribution < 1.29 is 5.11 Å². The lowest BCUT2D eigenvalue weighted by molar-refractivity contribution is 0.0318. The van der Waals surface area contributed by atoms with Gasteiger partial charge in [-0.25, -0.2) is 0 Å². The van der Waals surface area contributed by atoms with Gasteiger partial charge < -0.3 is 5.11 Å². The molecule has 0 radical (unpaired) electrons. The Hall–Kier alpha value is -0.860. The zero-order valence-corrected chi connectivity index (χ0v) is 9.26. The molecule has 2 heteroatoms. The first-order valence-corrected chi connectivity index (χ1v) is 5.68. The van der Waals surface area contributed by atoms with Crippen LogP contribution in [0.5, 0.6) is 0 Å². The first kappa shape index (κ1) is 10.7. The standard InChI is InChI=1S/C13H19NO/c1-11-8-14(9-11)13(10-15)7-12-5-3-2-4-6-12/h2-6,11,13,15H,7-10H2,1H3. The van der Waals surface area contributed by atoms with Crippen molar-refractivity contribution >= 4 is 0 Å². The van der Waals surface area contributed by atoms with Crippen molar-refractivity contribution in [3.05, 3.63) is 35.9 Å². The first-order valence-electron chi connectivity index (χ1n) is 5.68. The van der Waals surface area contributed by atoms with E-state index in [1.165, 1.54) is 5.56 Å². The number of nitrogens with zero attached hydrogens (tertiary/aromatic N) is 1. The summed E-state index contributed by atoms with van der Waals surface area (Å²) < 4.78 is 0. The highest BCUT2D eigenvalue weighted by atomic mass is 16.3. The number of benzene rings is 1. The smallest absolute Gasteiger partial charge is 0.0590 e. The van der Waals surface area contributed by atoms with Gasteiger partial charge in [-0.3, -0.25) is 4.90 Å². The van der Waals surface area contributed by atoms with Gasteiger partial charge in [-0.15, -0.1) is 0 Å². The van der Waals surface area contributed by atoms with Crippen molar-refractivity contribution in [2.24, 2.45) is 5.92 Å². The molecule has 1 aliphatic heterocycles. The average molecular weight is 205 g/mol. The molecule has 2 rings (SSSR count). The van der Waals surface area contributed by atoms with Crippen LogP contribution in [0.25, 0.3) is 0 Å². The summed E-state index contributed by atoms with van der Waals surface area (Å²) in [7, 11) is 0. The molecule has 1 heterocycles. The average Bonchev–Trinajstić information content (AvgIpc) is 2.23. The zero-order chi connectivity index (χ0) is 10.7. The van der Waals surface area contributed by atoms with Crippen LogP contribution in [-0.4, -0.2) is 35.7 Å². The Morgan fingerprint density at radius 1 is 1.33 bits per heavy atom. The third-order valence-corrected chi connectivity index (χ3v) is 3.13. The molecule has 1 aromatic rings. The van der Waals surface area contributed by atoms with Crippen LogP contribution in [0.3, 0.4) is 0 Å². The summed E-state index contributed by atoms with van der Waals surface area (Å²) in [6.45, 7) is 4.80. The van der Waals surface area contributed by atoms with Gasteiger partial charge in [-0.1, -0.05) is 37.3 Å². The molecule has 0 spiro atoms. The molecule has 1 aliphatic rings. The molecule has 1 fully saturated rings. The fraction of sp³-hybridized carbons (Fsp3) is 0.538. The van der Waals surface area contributed by atoms with Crippen molar-refractivity contribution in [1.82, 2.24) is 4.90 Å². The third kappa shape index (κ3) is 2.58. The molecular weight excluding hydrogens is 186 g/mol. The molecule has 0 amide bonds. The van der Waals surface area contributed by atoms with Crippen molar-refractivity contribution in [3.63, 3.8) is 0 Å².